The van der Waals surface area contributed by atoms with Gasteiger partial charge in [0.05, 0.1) is 18.3 Å². The van der Waals surface area contributed by atoms with Gasteiger partial charge in [-0.1, -0.05) is 0 Å². The highest BCUT2D eigenvalue weighted by Crippen LogP contribution is 2.20. The first kappa shape index (κ1) is 16.9. The Morgan fingerprint density at radius 3 is 2.65 bits per heavy atom. The molecule has 2 atom stereocenters. The van der Waals surface area contributed by atoms with Crippen molar-refractivity contribution >= 4 is 23.5 Å². The largest absolute Gasteiger partial charge is 0.479 e. The molecule has 0 aliphatic carbocycles. The zero-order chi connectivity index (χ0) is 17.1. The number of benzene rings is 1. The summed E-state index contributed by atoms with van der Waals surface area (Å²) in [4.78, 5) is 36.0. The Morgan fingerprint density at radius 1 is 1.35 bits per heavy atom. The first-order valence-electron chi connectivity index (χ1n) is 7.02. The second-order valence-electron chi connectivity index (χ2n) is 5.36. The average Bonchev–Trinajstić information content (AvgIpc) is 2.47. The predicted octanol–water partition coefficient (Wildman–Crippen LogP) is 1.10. The number of carboxylic acid groups (broad SMARTS) is 1. The predicted molar refractivity (Wildman–Crippen MR) is 78.6 cm³/mol. The number of amides is 2. The molecule has 1 aliphatic heterocycles. The van der Waals surface area contributed by atoms with Crippen molar-refractivity contribution in [1.82, 2.24) is 4.90 Å². The molecule has 124 valence electrons. The fourth-order valence-corrected chi connectivity index (χ4v) is 2.38. The molecule has 8 heteroatoms. The van der Waals surface area contributed by atoms with Crippen molar-refractivity contribution in [3.05, 3.63) is 29.6 Å². The van der Waals surface area contributed by atoms with E-state index < -0.39 is 35.8 Å². The molecule has 2 amide bonds. The summed E-state index contributed by atoms with van der Waals surface area (Å²) >= 11 is 0. The molecule has 1 unspecified atom stereocenters. The number of ether oxygens (including phenoxy) is 1. The Labute approximate surface area is 132 Å². The van der Waals surface area contributed by atoms with Gasteiger partial charge in [0, 0.05) is 19.0 Å². The minimum Gasteiger partial charge on any atom is -0.479 e. The van der Waals surface area contributed by atoms with Crippen LogP contribution in [0.3, 0.4) is 0 Å². The maximum absolute atomic E-state index is 13.6. The number of halogens is 1. The van der Waals surface area contributed by atoms with Crippen LogP contribution in [0.4, 0.5) is 10.1 Å². The van der Waals surface area contributed by atoms with E-state index >= 15 is 0 Å². The number of aliphatic carboxylic acids is 1. The van der Waals surface area contributed by atoms with E-state index in [4.69, 9.17) is 9.84 Å². The van der Waals surface area contributed by atoms with Gasteiger partial charge in [-0.05, 0) is 25.1 Å². The highest BCUT2D eigenvalue weighted by Gasteiger charge is 2.33. The van der Waals surface area contributed by atoms with Gasteiger partial charge in [-0.15, -0.1) is 0 Å². The Hall–Kier alpha value is -2.48. The SMILES string of the molecule is CC(=O)Nc1cc(C(=O)N2CC(C(=O)O)O[C@H](C)C2)ccc1F. The third kappa shape index (κ3) is 4.04. The van der Waals surface area contributed by atoms with E-state index in [1.807, 2.05) is 0 Å². The van der Waals surface area contributed by atoms with E-state index in [1.165, 1.54) is 24.0 Å². The van der Waals surface area contributed by atoms with Gasteiger partial charge in [-0.3, -0.25) is 9.59 Å². The number of rotatable bonds is 3. The summed E-state index contributed by atoms with van der Waals surface area (Å²) in [6.45, 7) is 3.04. The second kappa shape index (κ2) is 6.74. The number of carboxylic acids is 1. The first-order valence-corrected chi connectivity index (χ1v) is 7.02. The lowest BCUT2D eigenvalue weighted by Gasteiger charge is -2.35. The number of nitrogens with zero attached hydrogens (tertiary/aromatic N) is 1. The van der Waals surface area contributed by atoms with Crippen LogP contribution >= 0.6 is 0 Å². The minimum absolute atomic E-state index is 0.0919. The molecule has 1 aliphatic rings. The topological polar surface area (TPSA) is 95.9 Å². The first-order chi connectivity index (χ1) is 10.8. The number of carbonyl (C=O) groups excluding carboxylic acids is 2. The Balaban J connectivity index is 2.22. The van der Waals surface area contributed by atoms with Crippen LogP contribution in [0.25, 0.3) is 0 Å². The van der Waals surface area contributed by atoms with Crippen LogP contribution in [0, 0.1) is 5.82 Å². The van der Waals surface area contributed by atoms with Crippen LogP contribution in [0.2, 0.25) is 0 Å². The van der Waals surface area contributed by atoms with Gasteiger partial charge in [0.15, 0.2) is 6.10 Å². The molecule has 1 aromatic carbocycles. The van der Waals surface area contributed by atoms with Gasteiger partial charge in [0.1, 0.15) is 5.82 Å². The van der Waals surface area contributed by atoms with Crippen molar-refractivity contribution < 1.29 is 28.6 Å². The molecule has 1 heterocycles. The van der Waals surface area contributed by atoms with E-state index in [2.05, 4.69) is 5.32 Å². The van der Waals surface area contributed by atoms with Gasteiger partial charge in [-0.2, -0.15) is 0 Å². The molecule has 0 spiro atoms. The third-order valence-corrected chi connectivity index (χ3v) is 3.35. The number of morpholine rings is 1. The summed E-state index contributed by atoms with van der Waals surface area (Å²) < 4.78 is 18.9. The average molecular weight is 324 g/mol. The zero-order valence-electron chi connectivity index (χ0n) is 12.7. The number of hydrogen-bond donors (Lipinski definition) is 2. The summed E-state index contributed by atoms with van der Waals surface area (Å²) in [7, 11) is 0. The molecular weight excluding hydrogens is 307 g/mol. The van der Waals surface area contributed by atoms with Crippen molar-refractivity contribution in [1.29, 1.82) is 0 Å². The Bertz CT molecular complexity index is 649. The maximum Gasteiger partial charge on any atom is 0.334 e. The van der Waals surface area contributed by atoms with E-state index in [-0.39, 0.29) is 24.3 Å². The standard InChI is InChI=1S/C15H17FN2O5/c1-8-6-18(7-13(23-8)15(21)22)14(20)10-3-4-11(16)12(5-10)17-9(2)19/h3-5,8,13H,6-7H2,1-2H3,(H,17,19)(H,21,22)/t8-,13?/m1/s1. The van der Waals surface area contributed by atoms with Crippen LogP contribution in [0.5, 0.6) is 0 Å². The van der Waals surface area contributed by atoms with Crippen molar-refractivity contribution in [2.24, 2.45) is 0 Å². The number of anilines is 1. The summed E-state index contributed by atoms with van der Waals surface area (Å²) in [5, 5.41) is 11.3. The lowest BCUT2D eigenvalue weighted by atomic mass is 10.1. The zero-order valence-corrected chi connectivity index (χ0v) is 12.7. The van der Waals surface area contributed by atoms with Gasteiger partial charge in [0.25, 0.3) is 5.91 Å². The quantitative estimate of drug-likeness (QED) is 0.868. The molecule has 7 nitrogen and oxygen atoms in total. The van der Waals surface area contributed by atoms with Crippen LogP contribution in [-0.2, 0) is 14.3 Å². The van der Waals surface area contributed by atoms with Crippen LogP contribution < -0.4 is 5.32 Å². The highest BCUT2D eigenvalue weighted by atomic mass is 19.1. The van der Waals surface area contributed by atoms with E-state index in [0.717, 1.165) is 6.07 Å². The van der Waals surface area contributed by atoms with E-state index in [0.29, 0.717) is 0 Å². The van der Waals surface area contributed by atoms with Crippen molar-refractivity contribution in [3.8, 4) is 0 Å². The molecule has 0 bridgehead atoms. The molecule has 23 heavy (non-hydrogen) atoms. The molecule has 0 radical (unpaired) electrons. The summed E-state index contributed by atoms with van der Waals surface area (Å²) in [6, 6.07) is 3.60. The molecular formula is C15H17FN2O5. The van der Waals surface area contributed by atoms with Gasteiger partial charge >= 0.3 is 5.97 Å². The summed E-state index contributed by atoms with van der Waals surface area (Å²) in [5.74, 6) is -2.71. The third-order valence-electron chi connectivity index (χ3n) is 3.35. The molecule has 1 fully saturated rings. The normalized spacial score (nSPS) is 20.9. The summed E-state index contributed by atoms with van der Waals surface area (Å²) in [5.41, 5.74) is 0.0628. The second-order valence-corrected chi connectivity index (χ2v) is 5.36. The van der Waals surface area contributed by atoms with Gasteiger partial charge in [0.2, 0.25) is 5.91 Å². The monoisotopic (exact) mass is 324 g/mol. The molecule has 0 aromatic heterocycles. The smallest absolute Gasteiger partial charge is 0.334 e. The Kier molecular flexibility index (Phi) is 4.95. The lowest BCUT2D eigenvalue weighted by molar-refractivity contribution is -0.160. The number of hydrogen-bond acceptors (Lipinski definition) is 4. The van der Waals surface area contributed by atoms with Crippen LogP contribution in [-0.4, -0.2) is 53.1 Å². The molecule has 2 N–H and O–H groups in total. The lowest BCUT2D eigenvalue weighted by Crippen LogP contribution is -2.51. The molecule has 1 aromatic rings. The van der Waals surface area contributed by atoms with Crippen LogP contribution in [0.15, 0.2) is 18.2 Å². The fraction of sp³-hybridized carbons (Fsp3) is 0.400. The van der Waals surface area contributed by atoms with E-state index in [9.17, 15) is 18.8 Å². The molecule has 0 saturated carbocycles. The van der Waals surface area contributed by atoms with Crippen molar-refractivity contribution in [3.63, 3.8) is 0 Å². The van der Waals surface area contributed by atoms with Gasteiger partial charge < -0.3 is 20.1 Å². The minimum atomic E-state index is -1.15. The Morgan fingerprint density at radius 2 is 2.04 bits per heavy atom. The van der Waals surface area contributed by atoms with Crippen LogP contribution in [0.1, 0.15) is 24.2 Å². The summed E-state index contributed by atoms with van der Waals surface area (Å²) in [6.07, 6.45) is -1.53. The van der Waals surface area contributed by atoms with E-state index in [1.54, 1.807) is 6.92 Å². The number of nitrogens with one attached hydrogen (secondary N) is 1. The molecule has 2 rings (SSSR count). The fourth-order valence-electron chi connectivity index (χ4n) is 2.38. The maximum atomic E-state index is 13.6. The van der Waals surface area contributed by atoms with Gasteiger partial charge in [-0.25, -0.2) is 9.18 Å². The van der Waals surface area contributed by atoms with Crippen molar-refractivity contribution in [2.75, 3.05) is 18.4 Å². The highest BCUT2D eigenvalue weighted by molar-refractivity contribution is 5.97. The number of carbonyl (C=O) groups is 3. The molecule has 1 saturated heterocycles. The van der Waals surface area contributed by atoms with Crippen molar-refractivity contribution in [2.45, 2.75) is 26.1 Å².